The SMILES string of the molecule is Cc1nn(Cc2cccc(F)c2)c(C)c1NC(=O)c1cc(Br)ccc1OC(F)F. The zero-order valence-corrected chi connectivity index (χ0v) is 17.1. The number of aromatic nitrogens is 2. The molecule has 0 radical (unpaired) electrons. The zero-order chi connectivity index (χ0) is 21.1. The van der Waals surface area contributed by atoms with Gasteiger partial charge in [0.2, 0.25) is 0 Å². The number of aryl methyl sites for hydroxylation is 1. The maximum Gasteiger partial charge on any atom is 0.387 e. The topological polar surface area (TPSA) is 56.2 Å². The monoisotopic (exact) mass is 467 g/mol. The lowest BCUT2D eigenvalue weighted by molar-refractivity contribution is -0.0501. The van der Waals surface area contributed by atoms with Crippen LogP contribution < -0.4 is 10.1 Å². The van der Waals surface area contributed by atoms with Crippen LogP contribution in [0.3, 0.4) is 0 Å². The van der Waals surface area contributed by atoms with Crippen molar-refractivity contribution in [2.24, 2.45) is 0 Å². The van der Waals surface area contributed by atoms with Gasteiger partial charge in [0.25, 0.3) is 5.91 Å². The molecule has 0 fully saturated rings. The van der Waals surface area contributed by atoms with Gasteiger partial charge in [-0.1, -0.05) is 28.1 Å². The fourth-order valence-electron chi connectivity index (χ4n) is 2.90. The van der Waals surface area contributed by atoms with E-state index in [1.807, 2.05) is 0 Å². The predicted octanol–water partition coefficient (Wildman–Crippen LogP) is 5.30. The van der Waals surface area contributed by atoms with Crippen molar-refractivity contribution in [3.63, 3.8) is 0 Å². The van der Waals surface area contributed by atoms with Gasteiger partial charge in [-0.2, -0.15) is 13.9 Å². The number of carbonyl (C=O) groups is 1. The summed E-state index contributed by atoms with van der Waals surface area (Å²) in [6.45, 7) is 0.728. The van der Waals surface area contributed by atoms with Crippen molar-refractivity contribution in [2.75, 3.05) is 5.32 Å². The number of nitrogens with zero attached hydrogens (tertiary/aromatic N) is 2. The van der Waals surface area contributed by atoms with Crippen molar-refractivity contribution in [3.8, 4) is 5.75 Å². The van der Waals surface area contributed by atoms with Crippen LogP contribution in [-0.4, -0.2) is 22.3 Å². The number of hydrogen-bond acceptors (Lipinski definition) is 3. The van der Waals surface area contributed by atoms with Crippen LogP contribution in [0.5, 0.6) is 5.75 Å². The molecule has 3 aromatic rings. The van der Waals surface area contributed by atoms with Crippen molar-refractivity contribution in [2.45, 2.75) is 27.0 Å². The van der Waals surface area contributed by atoms with Gasteiger partial charge in [0.15, 0.2) is 0 Å². The van der Waals surface area contributed by atoms with E-state index in [1.54, 1.807) is 30.7 Å². The second-order valence-corrected chi connectivity index (χ2v) is 7.22. The molecule has 3 rings (SSSR count). The van der Waals surface area contributed by atoms with Crippen molar-refractivity contribution < 1.29 is 22.7 Å². The summed E-state index contributed by atoms with van der Waals surface area (Å²) in [6, 6.07) is 10.3. The lowest BCUT2D eigenvalue weighted by Gasteiger charge is -2.12. The molecule has 2 aromatic carbocycles. The van der Waals surface area contributed by atoms with E-state index >= 15 is 0 Å². The number of anilines is 1. The number of amides is 1. The van der Waals surface area contributed by atoms with E-state index < -0.39 is 12.5 Å². The largest absolute Gasteiger partial charge is 0.434 e. The van der Waals surface area contributed by atoms with Crippen LogP contribution in [0.15, 0.2) is 46.9 Å². The van der Waals surface area contributed by atoms with Crippen LogP contribution in [0.1, 0.15) is 27.3 Å². The Labute approximate surface area is 173 Å². The highest BCUT2D eigenvalue weighted by atomic mass is 79.9. The van der Waals surface area contributed by atoms with Gasteiger partial charge in [-0.15, -0.1) is 0 Å². The van der Waals surface area contributed by atoms with E-state index in [0.717, 1.165) is 0 Å². The maximum absolute atomic E-state index is 13.4. The van der Waals surface area contributed by atoms with Crippen LogP contribution >= 0.6 is 15.9 Å². The number of hydrogen-bond donors (Lipinski definition) is 1. The second kappa shape index (κ2) is 8.69. The molecule has 152 valence electrons. The fraction of sp³-hybridized carbons (Fsp3) is 0.200. The summed E-state index contributed by atoms with van der Waals surface area (Å²) >= 11 is 3.22. The molecule has 1 heterocycles. The molecule has 0 unspecified atom stereocenters. The van der Waals surface area contributed by atoms with Crippen molar-refractivity contribution in [1.82, 2.24) is 9.78 Å². The second-order valence-electron chi connectivity index (χ2n) is 6.31. The highest BCUT2D eigenvalue weighted by Gasteiger charge is 2.20. The van der Waals surface area contributed by atoms with Gasteiger partial charge in [-0.05, 0) is 49.7 Å². The van der Waals surface area contributed by atoms with Gasteiger partial charge in [0, 0.05) is 4.47 Å². The van der Waals surface area contributed by atoms with E-state index in [2.05, 4.69) is 31.1 Å². The fourth-order valence-corrected chi connectivity index (χ4v) is 3.26. The van der Waals surface area contributed by atoms with E-state index in [4.69, 9.17) is 0 Å². The third kappa shape index (κ3) is 4.97. The highest BCUT2D eigenvalue weighted by Crippen LogP contribution is 2.27. The molecule has 0 aliphatic rings. The Hall–Kier alpha value is -2.81. The molecule has 29 heavy (non-hydrogen) atoms. The van der Waals surface area contributed by atoms with Gasteiger partial charge in [-0.3, -0.25) is 9.48 Å². The number of nitrogens with one attached hydrogen (secondary N) is 1. The maximum atomic E-state index is 13.4. The molecule has 0 aliphatic carbocycles. The summed E-state index contributed by atoms with van der Waals surface area (Å²) < 4.78 is 45.3. The van der Waals surface area contributed by atoms with Gasteiger partial charge in [-0.25, -0.2) is 4.39 Å². The lowest BCUT2D eigenvalue weighted by atomic mass is 10.1. The molecule has 0 saturated heterocycles. The molecule has 0 atom stereocenters. The van der Waals surface area contributed by atoms with Crippen molar-refractivity contribution in [3.05, 3.63) is 75.3 Å². The predicted molar refractivity (Wildman–Crippen MR) is 106 cm³/mol. The first-order valence-electron chi connectivity index (χ1n) is 8.58. The van der Waals surface area contributed by atoms with Gasteiger partial charge in [0.1, 0.15) is 11.6 Å². The molecule has 9 heteroatoms. The van der Waals surface area contributed by atoms with Gasteiger partial charge >= 0.3 is 6.61 Å². The Morgan fingerprint density at radius 2 is 2.00 bits per heavy atom. The van der Waals surface area contributed by atoms with Gasteiger partial charge < -0.3 is 10.1 Å². The first-order chi connectivity index (χ1) is 13.7. The Bertz CT molecular complexity index is 1050. The zero-order valence-electron chi connectivity index (χ0n) is 15.5. The third-order valence-electron chi connectivity index (χ3n) is 4.24. The summed E-state index contributed by atoms with van der Waals surface area (Å²) in [4.78, 5) is 12.7. The normalized spacial score (nSPS) is 11.0. The minimum absolute atomic E-state index is 0.0450. The lowest BCUT2D eigenvalue weighted by Crippen LogP contribution is -2.16. The van der Waals surface area contributed by atoms with Crippen molar-refractivity contribution in [1.29, 1.82) is 0 Å². The Balaban J connectivity index is 1.86. The van der Waals surface area contributed by atoms with Crippen LogP contribution in [0.4, 0.5) is 18.9 Å². The summed E-state index contributed by atoms with van der Waals surface area (Å²) in [5, 5.41) is 7.10. The summed E-state index contributed by atoms with van der Waals surface area (Å²) in [6.07, 6.45) is 0. The number of benzene rings is 2. The molecule has 1 amide bonds. The molecular weight excluding hydrogens is 451 g/mol. The first-order valence-corrected chi connectivity index (χ1v) is 9.38. The molecule has 1 N–H and O–H groups in total. The van der Waals surface area contributed by atoms with Crippen LogP contribution in [0, 0.1) is 19.7 Å². The van der Waals surface area contributed by atoms with Crippen LogP contribution in [0.2, 0.25) is 0 Å². The summed E-state index contributed by atoms with van der Waals surface area (Å²) in [5.74, 6) is -1.19. The first kappa shape index (κ1) is 20.9. The van der Waals surface area contributed by atoms with Gasteiger partial charge in [0.05, 0.1) is 29.2 Å². The number of ether oxygens (including phenoxy) is 1. The van der Waals surface area contributed by atoms with Crippen LogP contribution in [0.25, 0.3) is 0 Å². The Morgan fingerprint density at radius 3 is 2.69 bits per heavy atom. The van der Waals surface area contributed by atoms with E-state index in [9.17, 15) is 18.0 Å². The molecular formula is C20H17BrF3N3O2. The number of rotatable bonds is 6. The van der Waals surface area contributed by atoms with Crippen LogP contribution in [-0.2, 0) is 6.54 Å². The molecule has 0 spiro atoms. The smallest absolute Gasteiger partial charge is 0.387 e. The minimum Gasteiger partial charge on any atom is -0.434 e. The number of alkyl halides is 2. The highest BCUT2D eigenvalue weighted by molar-refractivity contribution is 9.10. The molecule has 0 aliphatic heterocycles. The molecule has 0 bridgehead atoms. The summed E-state index contributed by atoms with van der Waals surface area (Å²) in [7, 11) is 0. The Kier molecular flexibility index (Phi) is 6.26. The number of halogens is 4. The van der Waals surface area contributed by atoms with E-state index in [0.29, 0.717) is 33.7 Å². The van der Waals surface area contributed by atoms with E-state index in [1.165, 1.54) is 30.3 Å². The molecule has 5 nitrogen and oxygen atoms in total. The quantitative estimate of drug-likeness (QED) is 0.534. The minimum atomic E-state index is -3.06. The average molecular weight is 468 g/mol. The standard InChI is InChI=1S/C20H17BrF3N3O2/c1-11-18(12(2)27(26-11)10-13-4-3-5-15(22)8-13)25-19(28)16-9-14(21)6-7-17(16)29-20(23)24/h3-9,20H,10H2,1-2H3,(H,25,28). The summed E-state index contributed by atoms with van der Waals surface area (Å²) in [5.41, 5.74) is 2.31. The molecule has 1 aromatic heterocycles. The average Bonchev–Trinajstić information content (AvgIpc) is 2.90. The third-order valence-corrected chi connectivity index (χ3v) is 4.74. The molecule has 0 saturated carbocycles. The van der Waals surface area contributed by atoms with Crippen molar-refractivity contribution >= 4 is 27.5 Å². The Morgan fingerprint density at radius 1 is 1.24 bits per heavy atom. The van der Waals surface area contributed by atoms with E-state index in [-0.39, 0.29) is 17.1 Å². The number of carbonyl (C=O) groups excluding carboxylic acids is 1.